The van der Waals surface area contributed by atoms with Gasteiger partial charge in [0.2, 0.25) is 0 Å². The molecule has 112 valence electrons. The van der Waals surface area contributed by atoms with Crippen LogP contribution in [0.1, 0.15) is 0 Å². The maximum atomic E-state index is 12.5. The Bertz CT molecular complexity index is 738. The lowest BCUT2D eigenvalue weighted by Gasteiger charge is -2.12. The Morgan fingerprint density at radius 3 is 2.33 bits per heavy atom. The molecular weight excluding hydrogens is 384 g/mol. The Morgan fingerprint density at radius 2 is 1.67 bits per heavy atom. The number of halogens is 3. The van der Waals surface area contributed by atoms with Gasteiger partial charge in [0.25, 0.3) is 15.8 Å². The van der Waals surface area contributed by atoms with Crippen LogP contribution in [0.5, 0.6) is 0 Å². The first-order chi connectivity index (χ1) is 9.90. The van der Waals surface area contributed by atoms with Crippen LogP contribution >= 0.6 is 27.7 Å². The Morgan fingerprint density at radius 1 is 1.05 bits per heavy atom. The minimum absolute atomic E-state index is 0.0434. The molecule has 0 saturated carbocycles. The minimum atomic E-state index is -3.86. The Balaban J connectivity index is 2.36. The number of anilines is 1. The molecule has 2 rings (SSSR count). The van der Waals surface area contributed by atoms with E-state index in [1.807, 2.05) is 0 Å². The number of rotatable bonds is 5. The molecule has 0 saturated heterocycles. The van der Waals surface area contributed by atoms with E-state index in [2.05, 4.69) is 20.7 Å². The molecule has 0 spiro atoms. The molecule has 0 heterocycles. The smallest absolute Gasteiger partial charge is 0.278 e. The van der Waals surface area contributed by atoms with Crippen molar-refractivity contribution in [3.8, 4) is 0 Å². The highest BCUT2D eigenvalue weighted by Crippen LogP contribution is 2.33. The number of para-hydroxylation sites is 1. The number of hydrogen-bond acceptors (Lipinski definition) is 3. The number of hydrogen-bond donors (Lipinski definition) is 1. The van der Waals surface area contributed by atoms with E-state index in [4.69, 9.17) is 0 Å². The number of nitrogens with one attached hydrogen (secondary N) is 1. The van der Waals surface area contributed by atoms with Crippen molar-refractivity contribution in [3.05, 3.63) is 53.0 Å². The van der Waals surface area contributed by atoms with Crippen LogP contribution in [0.4, 0.5) is 14.5 Å². The summed E-state index contributed by atoms with van der Waals surface area (Å²) in [4.78, 5) is 0.213. The average molecular weight is 394 g/mol. The molecule has 2 aromatic rings. The van der Waals surface area contributed by atoms with Crippen LogP contribution in [0.3, 0.4) is 0 Å². The zero-order valence-corrected chi connectivity index (χ0v) is 13.7. The third kappa shape index (κ3) is 4.18. The fraction of sp³-hybridized carbons (Fsp3) is 0.0769. The Hall–Kier alpha value is -1.12. The molecule has 0 aliphatic rings. The van der Waals surface area contributed by atoms with Crippen LogP contribution in [0.15, 0.2) is 62.8 Å². The molecular formula is C13H10BrF2NO2S2. The largest absolute Gasteiger partial charge is 0.288 e. The monoisotopic (exact) mass is 393 g/mol. The molecule has 21 heavy (non-hydrogen) atoms. The van der Waals surface area contributed by atoms with E-state index in [9.17, 15) is 17.2 Å². The van der Waals surface area contributed by atoms with E-state index in [1.165, 1.54) is 18.2 Å². The molecule has 0 radical (unpaired) electrons. The third-order valence-corrected chi connectivity index (χ3v) is 5.64. The van der Waals surface area contributed by atoms with Gasteiger partial charge in [-0.05, 0) is 40.2 Å². The number of thioether (sulfide) groups is 1. The molecule has 0 bridgehead atoms. The van der Waals surface area contributed by atoms with Gasteiger partial charge in [0, 0.05) is 9.37 Å². The van der Waals surface area contributed by atoms with Crippen molar-refractivity contribution in [3.63, 3.8) is 0 Å². The van der Waals surface area contributed by atoms with Crippen LogP contribution in [-0.4, -0.2) is 14.2 Å². The first-order valence-corrected chi connectivity index (χ1v) is 8.87. The zero-order chi connectivity index (χ0) is 15.5. The Kier molecular flexibility index (Phi) is 5.23. The summed E-state index contributed by atoms with van der Waals surface area (Å²) in [5, 5.41) is 0. The molecule has 0 aliphatic carbocycles. The molecule has 3 nitrogen and oxygen atoms in total. The first kappa shape index (κ1) is 16.3. The molecule has 0 aromatic heterocycles. The average Bonchev–Trinajstić information content (AvgIpc) is 2.40. The van der Waals surface area contributed by atoms with E-state index >= 15 is 0 Å². The van der Waals surface area contributed by atoms with E-state index in [0.717, 1.165) is 0 Å². The van der Waals surface area contributed by atoms with E-state index in [-0.39, 0.29) is 15.5 Å². The van der Waals surface area contributed by atoms with E-state index in [0.29, 0.717) is 16.2 Å². The van der Waals surface area contributed by atoms with Gasteiger partial charge in [-0.3, -0.25) is 4.72 Å². The van der Waals surface area contributed by atoms with Crippen molar-refractivity contribution < 1.29 is 17.2 Å². The Labute approximate surface area is 133 Å². The van der Waals surface area contributed by atoms with Crippen LogP contribution in [0.25, 0.3) is 0 Å². The number of alkyl halides is 2. The summed E-state index contributed by atoms with van der Waals surface area (Å²) in [6.45, 7) is 0. The lowest BCUT2D eigenvalue weighted by Crippen LogP contribution is -2.14. The summed E-state index contributed by atoms with van der Waals surface area (Å²) in [5.74, 6) is -2.63. The van der Waals surface area contributed by atoms with Crippen molar-refractivity contribution in [1.82, 2.24) is 0 Å². The molecule has 2 aromatic carbocycles. The van der Waals surface area contributed by atoms with E-state index in [1.54, 1.807) is 30.3 Å². The predicted octanol–water partition coefficient (Wildman–Crippen LogP) is 4.56. The second-order valence-corrected chi connectivity index (χ2v) is 7.45. The fourth-order valence-corrected chi connectivity index (χ4v) is 4.36. The van der Waals surface area contributed by atoms with Gasteiger partial charge in [0.1, 0.15) is 4.90 Å². The lowest BCUT2D eigenvalue weighted by atomic mass is 10.3. The normalized spacial score (nSPS) is 11.6. The molecule has 1 N–H and O–H groups in total. The summed E-state index contributed by atoms with van der Waals surface area (Å²) in [7, 11) is -3.86. The van der Waals surface area contributed by atoms with Crippen molar-refractivity contribution in [2.75, 3.05) is 4.72 Å². The molecule has 0 atom stereocenters. The quantitative estimate of drug-likeness (QED) is 0.757. The summed E-state index contributed by atoms with van der Waals surface area (Å²) in [5.41, 5.74) is 0.124. The van der Waals surface area contributed by atoms with Gasteiger partial charge in [0.05, 0.1) is 5.69 Å². The highest BCUT2D eigenvalue weighted by atomic mass is 79.9. The second-order valence-electron chi connectivity index (χ2n) is 3.91. The first-order valence-electron chi connectivity index (χ1n) is 5.71. The lowest BCUT2D eigenvalue weighted by molar-refractivity contribution is 0.252. The van der Waals surface area contributed by atoms with Gasteiger partial charge in [-0.1, -0.05) is 36.0 Å². The fourth-order valence-electron chi connectivity index (χ4n) is 1.61. The predicted molar refractivity (Wildman–Crippen MR) is 83.3 cm³/mol. The SMILES string of the molecule is O=S(=O)(Nc1ccccc1SC(F)F)c1ccccc1Br. The summed E-state index contributed by atoms with van der Waals surface area (Å²) in [6.07, 6.45) is 0. The van der Waals surface area contributed by atoms with Crippen molar-refractivity contribution >= 4 is 43.4 Å². The maximum absolute atomic E-state index is 12.5. The summed E-state index contributed by atoms with van der Waals surface area (Å²) >= 11 is 3.45. The van der Waals surface area contributed by atoms with Crippen molar-refractivity contribution in [2.24, 2.45) is 0 Å². The van der Waals surface area contributed by atoms with Gasteiger partial charge in [0.15, 0.2) is 0 Å². The van der Waals surface area contributed by atoms with Crippen LogP contribution in [0.2, 0.25) is 0 Å². The van der Waals surface area contributed by atoms with Gasteiger partial charge in [-0.25, -0.2) is 8.42 Å². The highest BCUT2D eigenvalue weighted by Gasteiger charge is 2.19. The standard InChI is InChI=1S/C13H10BrF2NO2S2/c14-9-5-1-4-8-12(9)21(18,19)17-10-6-2-3-7-11(10)20-13(15)16/h1-8,13,17H. The number of sulfonamides is 1. The summed E-state index contributed by atoms with van der Waals surface area (Å²) < 4.78 is 52.4. The van der Waals surface area contributed by atoms with Crippen LogP contribution in [0, 0.1) is 0 Å². The summed E-state index contributed by atoms with van der Waals surface area (Å²) in [6, 6.07) is 12.3. The minimum Gasteiger partial charge on any atom is -0.278 e. The molecule has 0 aliphatic heterocycles. The van der Waals surface area contributed by atoms with Gasteiger partial charge in [-0.15, -0.1) is 0 Å². The highest BCUT2D eigenvalue weighted by molar-refractivity contribution is 9.10. The molecule has 0 amide bonds. The third-order valence-electron chi connectivity index (χ3n) is 2.47. The van der Waals surface area contributed by atoms with Crippen LogP contribution < -0.4 is 4.72 Å². The number of benzene rings is 2. The van der Waals surface area contributed by atoms with Crippen LogP contribution in [-0.2, 0) is 10.0 Å². The molecule has 8 heteroatoms. The molecule has 0 unspecified atom stereocenters. The van der Waals surface area contributed by atoms with Crippen molar-refractivity contribution in [1.29, 1.82) is 0 Å². The molecule has 0 fully saturated rings. The maximum Gasteiger partial charge on any atom is 0.288 e. The zero-order valence-electron chi connectivity index (χ0n) is 10.5. The van der Waals surface area contributed by atoms with Gasteiger partial charge in [-0.2, -0.15) is 8.78 Å². The van der Waals surface area contributed by atoms with Crippen molar-refractivity contribution in [2.45, 2.75) is 15.5 Å². The topological polar surface area (TPSA) is 46.2 Å². The van der Waals surface area contributed by atoms with Gasteiger partial charge >= 0.3 is 0 Å². The van der Waals surface area contributed by atoms with Gasteiger partial charge < -0.3 is 0 Å². The second kappa shape index (κ2) is 6.76. The van der Waals surface area contributed by atoms with E-state index < -0.39 is 15.8 Å².